The lowest BCUT2D eigenvalue weighted by Crippen LogP contribution is -2.46. The first-order valence-electron chi connectivity index (χ1n) is 8.81. The molecule has 1 aliphatic carbocycles. The van der Waals surface area contributed by atoms with Crippen LogP contribution in [0.3, 0.4) is 0 Å². The normalized spacial score (nSPS) is 22.6. The third-order valence-corrected chi connectivity index (χ3v) is 5.02. The highest BCUT2D eigenvalue weighted by Crippen LogP contribution is 2.46. The Balaban J connectivity index is 1.45. The van der Waals surface area contributed by atoms with Crippen LogP contribution in [0.25, 0.3) is 0 Å². The molecule has 6 nitrogen and oxygen atoms in total. The van der Waals surface area contributed by atoms with E-state index in [9.17, 15) is 4.79 Å². The van der Waals surface area contributed by atoms with E-state index in [1.54, 1.807) is 6.20 Å². The van der Waals surface area contributed by atoms with Crippen LogP contribution < -0.4 is 5.32 Å². The number of hydrogen-bond donors (Lipinski definition) is 1. The van der Waals surface area contributed by atoms with Gasteiger partial charge in [0.1, 0.15) is 0 Å². The largest absolute Gasteiger partial charge is 0.376 e. The van der Waals surface area contributed by atoms with E-state index < -0.39 is 0 Å². The van der Waals surface area contributed by atoms with Gasteiger partial charge in [-0.1, -0.05) is 0 Å². The van der Waals surface area contributed by atoms with Crippen LogP contribution >= 0.6 is 0 Å². The van der Waals surface area contributed by atoms with Crippen molar-refractivity contribution < 1.29 is 9.53 Å². The van der Waals surface area contributed by atoms with Gasteiger partial charge in [0.05, 0.1) is 12.4 Å². The molecular weight excluding hydrogens is 292 g/mol. The van der Waals surface area contributed by atoms with Crippen LogP contribution in [0.1, 0.15) is 39.0 Å². The van der Waals surface area contributed by atoms with Crippen LogP contribution in [-0.2, 0) is 11.3 Å². The summed E-state index contributed by atoms with van der Waals surface area (Å²) in [5.74, 6) is 0. The van der Waals surface area contributed by atoms with E-state index in [4.69, 9.17) is 4.74 Å². The molecule has 0 spiro atoms. The van der Waals surface area contributed by atoms with Crippen molar-refractivity contribution in [1.29, 1.82) is 0 Å². The molecule has 1 atom stereocenters. The predicted octanol–water partition coefficient (Wildman–Crippen LogP) is 2.26. The number of rotatable bonds is 7. The summed E-state index contributed by atoms with van der Waals surface area (Å²) in [5.41, 5.74) is 0.219. The number of imidazole rings is 1. The van der Waals surface area contributed by atoms with Gasteiger partial charge in [-0.05, 0) is 39.0 Å². The smallest absolute Gasteiger partial charge is 0.317 e. The molecule has 0 unspecified atom stereocenters. The maximum Gasteiger partial charge on any atom is 0.317 e. The zero-order valence-corrected chi connectivity index (χ0v) is 14.0. The number of ether oxygens (including phenoxy) is 1. The number of urea groups is 1. The van der Waals surface area contributed by atoms with E-state index in [0.717, 1.165) is 39.1 Å². The van der Waals surface area contributed by atoms with Gasteiger partial charge in [0.25, 0.3) is 0 Å². The summed E-state index contributed by atoms with van der Waals surface area (Å²) in [6.45, 7) is 5.97. The average Bonchev–Trinajstić information content (AvgIpc) is 3.15. The number of amides is 2. The summed E-state index contributed by atoms with van der Waals surface area (Å²) in [5, 5.41) is 3.14. The molecule has 2 aliphatic rings. The predicted molar refractivity (Wildman–Crippen MR) is 88.1 cm³/mol. The Labute approximate surface area is 138 Å². The zero-order chi connectivity index (χ0) is 16.1. The molecule has 1 aliphatic heterocycles. The molecule has 1 N–H and O–H groups in total. The molecule has 2 heterocycles. The van der Waals surface area contributed by atoms with Crippen LogP contribution in [0.5, 0.6) is 0 Å². The van der Waals surface area contributed by atoms with Crippen molar-refractivity contribution >= 4 is 6.03 Å². The molecule has 1 aromatic heterocycles. The second-order valence-electron chi connectivity index (χ2n) is 6.92. The number of carbonyl (C=O) groups is 1. The molecule has 1 saturated heterocycles. The highest BCUT2D eigenvalue weighted by atomic mass is 16.5. The Morgan fingerprint density at radius 1 is 1.48 bits per heavy atom. The first-order chi connectivity index (χ1) is 11.2. The summed E-state index contributed by atoms with van der Waals surface area (Å²) in [4.78, 5) is 18.4. The third-order valence-electron chi connectivity index (χ3n) is 5.02. The first kappa shape index (κ1) is 16.3. The molecule has 3 rings (SSSR count). The SMILES string of the molecule is CCN(C[C@H]1CCCCO1)C(=O)NCC1(Cn2ccnc2)CC1. The van der Waals surface area contributed by atoms with Crippen LogP contribution in [0.4, 0.5) is 4.79 Å². The Morgan fingerprint density at radius 3 is 2.96 bits per heavy atom. The molecule has 0 radical (unpaired) electrons. The van der Waals surface area contributed by atoms with Crippen molar-refractivity contribution in [2.75, 3.05) is 26.2 Å². The minimum atomic E-state index is 0.0404. The molecular formula is C17H28N4O2. The lowest BCUT2D eigenvalue weighted by Gasteiger charge is -2.30. The summed E-state index contributed by atoms with van der Waals surface area (Å²) in [6.07, 6.45) is 11.6. The van der Waals surface area contributed by atoms with Crippen molar-refractivity contribution in [3.05, 3.63) is 18.7 Å². The second kappa shape index (κ2) is 7.34. The Hall–Kier alpha value is -1.56. The van der Waals surface area contributed by atoms with E-state index in [1.807, 2.05) is 24.3 Å². The van der Waals surface area contributed by atoms with Gasteiger partial charge in [0, 0.05) is 50.6 Å². The topological polar surface area (TPSA) is 59.4 Å². The van der Waals surface area contributed by atoms with E-state index >= 15 is 0 Å². The lowest BCUT2D eigenvalue weighted by atomic mass is 10.1. The van der Waals surface area contributed by atoms with Crippen molar-refractivity contribution in [2.45, 2.75) is 51.7 Å². The lowest BCUT2D eigenvalue weighted by molar-refractivity contribution is 0.00127. The van der Waals surface area contributed by atoms with Crippen molar-refractivity contribution in [3.63, 3.8) is 0 Å². The van der Waals surface area contributed by atoms with Gasteiger partial charge in [-0.25, -0.2) is 9.78 Å². The molecule has 128 valence electrons. The van der Waals surface area contributed by atoms with Gasteiger partial charge < -0.3 is 19.5 Å². The van der Waals surface area contributed by atoms with Crippen LogP contribution in [0, 0.1) is 5.41 Å². The van der Waals surface area contributed by atoms with Gasteiger partial charge in [0.15, 0.2) is 0 Å². The summed E-state index contributed by atoms with van der Waals surface area (Å²) in [7, 11) is 0. The van der Waals surface area contributed by atoms with Crippen molar-refractivity contribution in [3.8, 4) is 0 Å². The molecule has 6 heteroatoms. The maximum absolute atomic E-state index is 12.5. The van der Waals surface area contributed by atoms with E-state index in [-0.39, 0.29) is 17.6 Å². The Kier molecular flexibility index (Phi) is 5.20. The van der Waals surface area contributed by atoms with E-state index in [1.165, 1.54) is 19.3 Å². The second-order valence-corrected chi connectivity index (χ2v) is 6.92. The van der Waals surface area contributed by atoms with Gasteiger partial charge >= 0.3 is 6.03 Å². The van der Waals surface area contributed by atoms with Crippen LogP contribution in [0.15, 0.2) is 18.7 Å². The molecule has 23 heavy (non-hydrogen) atoms. The quantitative estimate of drug-likeness (QED) is 0.838. The molecule has 2 fully saturated rings. The Bertz CT molecular complexity index is 493. The fraction of sp³-hybridized carbons (Fsp3) is 0.765. The van der Waals surface area contributed by atoms with Crippen molar-refractivity contribution in [1.82, 2.24) is 19.8 Å². The number of nitrogens with zero attached hydrogens (tertiary/aromatic N) is 3. The number of likely N-dealkylation sites (N-methyl/N-ethyl adjacent to an activating group) is 1. The van der Waals surface area contributed by atoms with Crippen molar-refractivity contribution in [2.24, 2.45) is 5.41 Å². The Morgan fingerprint density at radius 2 is 2.35 bits per heavy atom. The minimum Gasteiger partial charge on any atom is -0.376 e. The summed E-state index contributed by atoms with van der Waals surface area (Å²) >= 11 is 0. The molecule has 0 aromatic carbocycles. The number of aromatic nitrogens is 2. The van der Waals surface area contributed by atoms with E-state index in [0.29, 0.717) is 6.54 Å². The number of carbonyl (C=O) groups excluding carboxylic acids is 1. The standard InChI is InChI=1S/C17H28N4O2/c1-2-21(11-15-5-3-4-10-23-15)16(22)19-12-17(6-7-17)13-20-9-8-18-14-20/h8-9,14-15H,2-7,10-13H2,1H3,(H,19,22)/t15-/m1/s1. The zero-order valence-electron chi connectivity index (χ0n) is 14.0. The third kappa shape index (κ3) is 4.47. The van der Waals surface area contributed by atoms with Crippen LogP contribution in [0.2, 0.25) is 0 Å². The summed E-state index contributed by atoms with van der Waals surface area (Å²) < 4.78 is 7.86. The molecule has 1 aromatic rings. The average molecular weight is 320 g/mol. The maximum atomic E-state index is 12.5. The van der Waals surface area contributed by atoms with Crippen LogP contribution in [-0.4, -0.2) is 52.8 Å². The highest BCUT2D eigenvalue weighted by molar-refractivity contribution is 5.74. The number of nitrogens with one attached hydrogen (secondary N) is 1. The van der Waals surface area contributed by atoms with E-state index in [2.05, 4.69) is 14.9 Å². The highest BCUT2D eigenvalue weighted by Gasteiger charge is 2.43. The minimum absolute atomic E-state index is 0.0404. The fourth-order valence-corrected chi connectivity index (χ4v) is 3.26. The van der Waals surface area contributed by atoms with Gasteiger partial charge in [-0.15, -0.1) is 0 Å². The summed E-state index contributed by atoms with van der Waals surface area (Å²) in [6, 6.07) is 0.0404. The fourth-order valence-electron chi connectivity index (χ4n) is 3.26. The van der Waals surface area contributed by atoms with Gasteiger partial charge in [-0.3, -0.25) is 0 Å². The first-order valence-corrected chi connectivity index (χ1v) is 8.81. The van der Waals surface area contributed by atoms with Gasteiger partial charge in [-0.2, -0.15) is 0 Å². The molecule has 1 saturated carbocycles. The molecule has 2 amide bonds. The molecule has 0 bridgehead atoms. The van der Waals surface area contributed by atoms with Gasteiger partial charge in [0.2, 0.25) is 0 Å². The number of hydrogen-bond acceptors (Lipinski definition) is 3. The monoisotopic (exact) mass is 320 g/mol.